The molecule has 5 rings (SSSR count). The molecule has 0 bridgehead atoms. The molecular formula is C16H21N5O3. The molecule has 2 aromatic rings. The Bertz CT molecular complexity index is 871. The summed E-state index contributed by atoms with van der Waals surface area (Å²) in [4.78, 5) is 37.2. The number of hydrogen-bond acceptors (Lipinski definition) is 5. The zero-order chi connectivity index (χ0) is 16.3. The van der Waals surface area contributed by atoms with Crippen molar-refractivity contribution in [3.05, 3.63) is 20.8 Å². The van der Waals surface area contributed by atoms with Crippen molar-refractivity contribution in [3.63, 3.8) is 0 Å². The topological polar surface area (TPSA) is 96.0 Å². The number of nitrogens with zero attached hydrogens (tertiary/aromatic N) is 3. The number of ether oxygens (including phenoxy) is 1. The molecule has 1 aliphatic heterocycles. The number of hydrogen-bond donors (Lipinski definition) is 2. The number of rotatable bonds is 4. The highest BCUT2D eigenvalue weighted by Gasteiger charge is 2.44. The average molecular weight is 331 g/mol. The molecule has 0 spiro atoms. The molecule has 2 N–H and O–H groups in total. The highest BCUT2D eigenvalue weighted by atomic mass is 16.5. The van der Waals surface area contributed by atoms with Gasteiger partial charge >= 0.3 is 5.69 Å². The number of aromatic amines is 2. The van der Waals surface area contributed by atoms with E-state index in [4.69, 9.17) is 4.74 Å². The first kappa shape index (κ1) is 14.3. The van der Waals surface area contributed by atoms with Gasteiger partial charge in [0, 0.05) is 19.1 Å². The molecule has 0 atom stereocenters. The Morgan fingerprint density at radius 3 is 2.33 bits per heavy atom. The Morgan fingerprint density at radius 1 is 1.04 bits per heavy atom. The third kappa shape index (κ3) is 2.28. The highest BCUT2D eigenvalue weighted by Crippen LogP contribution is 2.51. The lowest BCUT2D eigenvalue weighted by atomic mass is 10.1. The van der Waals surface area contributed by atoms with Crippen LogP contribution in [-0.2, 0) is 4.74 Å². The molecule has 128 valence electrons. The number of fused-ring (bicyclic) bond motifs is 1. The molecule has 3 fully saturated rings. The highest BCUT2D eigenvalue weighted by molar-refractivity contribution is 5.73. The van der Waals surface area contributed by atoms with Gasteiger partial charge in [-0.05, 0) is 37.5 Å². The predicted octanol–water partition coefficient (Wildman–Crippen LogP) is 0.611. The quantitative estimate of drug-likeness (QED) is 0.856. The van der Waals surface area contributed by atoms with Gasteiger partial charge in [-0.15, -0.1) is 0 Å². The van der Waals surface area contributed by atoms with E-state index in [2.05, 4.69) is 19.9 Å². The lowest BCUT2D eigenvalue weighted by molar-refractivity contribution is 0.122. The lowest BCUT2D eigenvalue weighted by Gasteiger charge is -2.26. The Labute approximate surface area is 137 Å². The van der Waals surface area contributed by atoms with Crippen molar-refractivity contribution in [2.24, 2.45) is 11.8 Å². The van der Waals surface area contributed by atoms with Crippen LogP contribution < -0.4 is 16.1 Å². The maximum absolute atomic E-state index is 12.6. The van der Waals surface area contributed by atoms with Crippen LogP contribution in [0.1, 0.15) is 31.7 Å². The first-order chi connectivity index (χ1) is 11.7. The van der Waals surface area contributed by atoms with E-state index in [-0.39, 0.29) is 17.3 Å². The SMILES string of the molecule is O=c1[nH]c(=O)n(C(C2CC2)C2CC2)c2nc(N3CCOCC3)[nH]c12. The zero-order valence-corrected chi connectivity index (χ0v) is 13.5. The van der Waals surface area contributed by atoms with Crippen LogP contribution in [0.3, 0.4) is 0 Å². The van der Waals surface area contributed by atoms with Crippen molar-refractivity contribution in [1.82, 2.24) is 19.5 Å². The first-order valence-electron chi connectivity index (χ1n) is 8.79. The van der Waals surface area contributed by atoms with E-state index in [1.807, 2.05) is 0 Å². The second-order valence-electron chi connectivity index (χ2n) is 7.15. The van der Waals surface area contributed by atoms with E-state index in [0.29, 0.717) is 42.2 Å². The van der Waals surface area contributed by atoms with Crippen molar-refractivity contribution < 1.29 is 4.74 Å². The number of morpholine rings is 1. The Hall–Kier alpha value is -2.09. The third-order valence-electron chi connectivity index (χ3n) is 5.39. The van der Waals surface area contributed by atoms with Crippen LogP contribution >= 0.6 is 0 Å². The molecule has 8 heteroatoms. The van der Waals surface area contributed by atoms with Gasteiger partial charge in [0.1, 0.15) is 0 Å². The third-order valence-corrected chi connectivity index (χ3v) is 5.39. The summed E-state index contributed by atoms with van der Waals surface area (Å²) in [5, 5.41) is 0. The minimum atomic E-state index is -0.386. The molecule has 1 saturated heterocycles. The van der Waals surface area contributed by atoms with E-state index < -0.39 is 0 Å². The summed E-state index contributed by atoms with van der Waals surface area (Å²) < 4.78 is 7.13. The molecule has 0 radical (unpaired) electrons. The van der Waals surface area contributed by atoms with Crippen molar-refractivity contribution >= 4 is 17.1 Å². The van der Waals surface area contributed by atoms with E-state index in [0.717, 1.165) is 38.8 Å². The monoisotopic (exact) mass is 331 g/mol. The normalized spacial score (nSPS) is 21.8. The summed E-state index contributed by atoms with van der Waals surface area (Å²) in [6.07, 6.45) is 4.65. The predicted molar refractivity (Wildman–Crippen MR) is 88.5 cm³/mol. The van der Waals surface area contributed by atoms with Crippen molar-refractivity contribution in [3.8, 4) is 0 Å². The van der Waals surface area contributed by atoms with Crippen LogP contribution in [0.5, 0.6) is 0 Å². The Balaban J connectivity index is 1.66. The number of anilines is 1. The summed E-state index contributed by atoms with van der Waals surface area (Å²) in [6.45, 7) is 2.76. The average Bonchev–Trinajstić information content (AvgIpc) is 3.51. The Morgan fingerprint density at radius 2 is 1.71 bits per heavy atom. The van der Waals surface area contributed by atoms with Gasteiger partial charge in [-0.1, -0.05) is 0 Å². The van der Waals surface area contributed by atoms with Gasteiger partial charge in [-0.25, -0.2) is 4.79 Å². The van der Waals surface area contributed by atoms with E-state index >= 15 is 0 Å². The second kappa shape index (κ2) is 5.20. The summed E-state index contributed by atoms with van der Waals surface area (Å²) in [5.41, 5.74) is 0.205. The Kier molecular flexibility index (Phi) is 3.09. The van der Waals surface area contributed by atoms with Crippen LogP contribution in [0.15, 0.2) is 9.59 Å². The van der Waals surface area contributed by atoms with Crippen molar-refractivity contribution in [2.75, 3.05) is 31.2 Å². The smallest absolute Gasteiger partial charge is 0.330 e. The molecule has 2 saturated carbocycles. The van der Waals surface area contributed by atoms with E-state index in [9.17, 15) is 9.59 Å². The molecule has 0 amide bonds. The van der Waals surface area contributed by atoms with Gasteiger partial charge in [0.25, 0.3) is 5.56 Å². The fourth-order valence-corrected chi connectivity index (χ4v) is 3.88. The van der Waals surface area contributed by atoms with E-state index in [1.165, 1.54) is 0 Å². The maximum Gasteiger partial charge on any atom is 0.330 e. The molecule has 2 aliphatic carbocycles. The molecule has 0 unspecified atom stereocenters. The summed E-state index contributed by atoms with van der Waals surface area (Å²) in [6, 6.07) is 0.178. The molecule has 2 aromatic heterocycles. The van der Waals surface area contributed by atoms with Gasteiger partial charge < -0.3 is 14.6 Å². The van der Waals surface area contributed by atoms with Gasteiger partial charge in [0.15, 0.2) is 11.2 Å². The maximum atomic E-state index is 12.6. The summed E-state index contributed by atoms with van der Waals surface area (Å²) in [7, 11) is 0. The van der Waals surface area contributed by atoms with Crippen LogP contribution in [0.25, 0.3) is 11.2 Å². The fourth-order valence-electron chi connectivity index (χ4n) is 3.88. The standard InChI is InChI=1S/C16H21N5O3/c22-14-11-13(18-15(17-11)20-5-7-24-8-6-20)21(16(23)19-14)12(9-1-2-9)10-3-4-10/h9-10,12H,1-8H2,(H,17,18)(H,19,22,23). The number of nitrogens with one attached hydrogen (secondary N) is 2. The number of aromatic nitrogens is 4. The molecule has 3 aliphatic rings. The second-order valence-corrected chi connectivity index (χ2v) is 7.15. The number of H-pyrrole nitrogens is 2. The van der Waals surface area contributed by atoms with Crippen LogP contribution in [0.2, 0.25) is 0 Å². The van der Waals surface area contributed by atoms with E-state index in [1.54, 1.807) is 4.57 Å². The van der Waals surface area contributed by atoms with Crippen LogP contribution in [-0.4, -0.2) is 45.8 Å². The number of imidazole rings is 1. The van der Waals surface area contributed by atoms with Crippen LogP contribution in [0, 0.1) is 11.8 Å². The van der Waals surface area contributed by atoms with Crippen molar-refractivity contribution in [2.45, 2.75) is 31.7 Å². The molecule has 8 nitrogen and oxygen atoms in total. The lowest BCUT2D eigenvalue weighted by Crippen LogP contribution is -2.36. The first-order valence-corrected chi connectivity index (χ1v) is 8.79. The largest absolute Gasteiger partial charge is 0.378 e. The zero-order valence-electron chi connectivity index (χ0n) is 13.5. The molecule has 0 aromatic carbocycles. The molecule has 3 heterocycles. The fraction of sp³-hybridized carbons (Fsp3) is 0.688. The molecule has 24 heavy (non-hydrogen) atoms. The van der Waals surface area contributed by atoms with Gasteiger partial charge in [0.05, 0.1) is 13.2 Å². The minimum Gasteiger partial charge on any atom is -0.378 e. The van der Waals surface area contributed by atoms with Gasteiger partial charge in [0.2, 0.25) is 5.95 Å². The molecular weight excluding hydrogens is 310 g/mol. The van der Waals surface area contributed by atoms with Crippen LogP contribution in [0.4, 0.5) is 5.95 Å². The van der Waals surface area contributed by atoms with Gasteiger partial charge in [-0.3, -0.25) is 14.3 Å². The minimum absolute atomic E-state index is 0.178. The summed E-state index contributed by atoms with van der Waals surface area (Å²) in [5.74, 6) is 1.75. The van der Waals surface area contributed by atoms with Crippen molar-refractivity contribution in [1.29, 1.82) is 0 Å². The summed E-state index contributed by atoms with van der Waals surface area (Å²) >= 11 is 0. The van der Waals surface area contributed by atoms with Gasteiger partial charge in [-0.2, -0.15) is 4.98 Å².